The number of nitrogens with zero attached hydrogens (tertiary/aromatic N) is 3. The summed E-state index contributed by atoms with van der Waals surface area (Å²) in [5, 5.41) is 3.05. The Morgan fingerprint density at radius 1 is 1.14 bits per heavy atom. The van der Waals surface area contributed by atoms with Crippen LogP contribution < -0.4 is 11.1 Å². The molecule has 0 saturated heterocycles. The molecule has 2 heterocycles. The van der Waals surface area contributed by atoms with E-state index in [1.165, 1.54) is 5.56 Å². The highest BCUT2D eigenvalue weighted by Crippen LogP contribution is 2.32. The van der Waals surface area contributed by atoms with Gasteiger partial charge < -0.3 is 5.73 Å². The van der Waals surface area contributed by atoms with E-state index >= 15 is 0 Å². The fraction of sp³-hybridized carbons (Fsp3) is 0.125. The number of guanidine groups is 1. The van der Waals surface area contributed by atoms with Gasteiger partial charge in [0, 0.05) is 0 Å². The first-order chi connectivity index (χ1) is 10.2. The molecule has 4 rings (SSSR count). The summed E-state index contributed by atoms with van der Waals surface area (Å²) < 4.78 is 2.08. The van der Waals surface area contributed by atoms with Gasteiger partial charge in [0.1, 0.15) is 0 Å². The van der Waals surface area contributed by atoms with Crippen LogP contribution in [-0.4, -0.2) is 15.5 Å². The zero-order valence-corrected chi connectivity index (χ0v) is 11.6. The summed E-state index contributed by atoms with van der Waals surface area (Å²) in [5.74, 6) is 1.13. The lowest BCUT2D eigenvalue weighted by molar-refractivity contribution is 0.626. The number of benzene rings is 2. The van der Waals surface area contributed by atoms with Crippen LogP contribution in [0.15, 0.2) is 53.5 Å². The van der Waals surface area contributed by atoms with Crippen molar-refractivity contribution in [2.75, 3.05) is 5.32 Å². The highest BCUT2D eigenvalue weighted by molar-refractivity contribution is 5.94. The summed E-state index contributed by atoms with van der Waals surface area (Å²) in [6.45, 7) is 2.06. The smallest absolute Gasteiger partial charge is 0.212 e. The third-order valence-corrected chi connectivity index (χ3v) is 3.69. The van der Waals surface area contributed by atoms with Crippen LogP contribution in [0, 0.1) is 6.92 Å². The number of hydrogen-bond donors (Lipinski definition) is 2. The minimum atomic E-state index is -0.185. The average molecular weight is 277 g/mol. The zero-order chi connectivity index (χ0) is 14.4. The number of aromatic nitrogens is 2. The maximum absolute atomic E-state index is 5.91. The number of anilines is 1. The normalized spacial score (nSPS) is 17.2. The van der Waals surface area contributed by atoms with E-state index < -0.39 is 0 Å². The van der Waals surface area contributed by atoms with Crippen LogP contribution in [0.1, 0.15) is 17.3 Å². The Morgan fingerprint density at radius 2 is 1.95 bits per heavy atom. The predicted molar refractivity (Wildman–Crippen MR) is 84.3 cm³/mol. The van der Waals surface area contributed by atoms with Crippen molar-refractivity contribution in [2.24, 2.45) is 10.7 Å². The standard InChI is InChI=1S/C16H15N5/c1-10-7-8-13-12(9-10)18-16-20-15(17)19-14(21(13)16)11-5-3-2-4-6-11/h2-9,14H,1H3,(H3,17,18,19,20). The van der Waals surface area contributed by atoms with Crippen LogP contribution in [-0.2, 0) is 0 Å². The van der Waals surface area contributed by atoms with E-state index in [0.29, 0.717) is 5.96 Å². The fourth-order valence-corrected chi connectivity index (χ4v) is 2.73. The summed E-state index contributed by atoms with van der Waals surface area (Å²) in [6.07, 6.45) is -0.185. The SMILES string of the molecule is Cc1ccc2c(c1)nc1n2C(c2ccccc2)N=C(N)N1. The highest BCUT2D eigenvalue weighted by atomic mass is 15.4. The maximum Gasteiger partial charge on any atom is 0.212 e. The highest BCUT2D eigenvalue weighted by Gasteiger charge is 2.24. The quantitative estimate of drug-likeness (QED) is 0.718. The molecular weight excluding hydrogens is 262 g/mol. The minimum absolute atomic E-state index is 0.185. The molecule has 1 atom stereocenters. The first-order valence-electron chi connectivity index (χ1n) is 6.86. The summed E-state index contributed by atoms with van der Waals surface area (Å²) in [7, 11) is 0. The first kappa shape index (κ1) is 12.0. The number of fused-ring (bicyclic) bond motifs is 3. The lowest BCUT2D eigenvalue weighted by atomic mass is 10.1. The molecule has 2 aromatic carbocycles. The second-order valence-electron chi connectivity index (χ2n) is 5.22. The van der Waals surface area contributed by atoms with Gasteiger partial charge in [-0.2, -0.15) is 0 Å². The predicted octanol–water partition coefficient (Wildman–Crippen LogP) is 2.63. The minimum Gasteiger partial charge on any atom is -0.370 e. The van der Waals surface area contributed by atoms with Crippen LogP contribution >= 0.6 is 0 Å². The molecule has 0 amide bonds. The molecule has 3 N–H and O–H groups in total. The van der Waals surface area contributed by atoms with E-state index in [2.05, 4.69) is 57.1 Å². The molecule has 1 aliphatic heterocycles. The summed E-state index contributed by atoms with van der Waals surface area (Å²) in [4.78, 5) is 9.18. The van der Waals surface area contributed by atoms with Crippen LogP contribution in [0.25, 0.3) is 11.0 Å². The molecule has 104 valence electrons. The second kappa shape index (κ2) is 4.34. The molecule has 0 spiro atoms. The lowest BCUT2D eigenvalue weighted by Crippen LogP contribution is -2.31. The van der Waals surface area contributed by atoms with Gasteiger partial charge in [-0.05, 0) is 30.2 Å². The summed E-state index contributed by atoms with van der Waals surface area (Å²) >= 11 is 0. The molecule has 1 aromatic heterocycles. The van der Waals surface area contributed by atoms with Gasteiger partial charge in [0.15, 0.2) is 12.1 Å². The Kier molecular flexibility index (Phi) is 2.47. The van der Waals surface area contributed by atoms with Crippen molar-refractivity contribution in [3.63, 3.8) is 0 Å². The van der Waals surface area contributed by atoms with Gasteiger partial charge >= 0.3 is 0 Å². The van der Waals surface area contributed by atoms with Gasteiger partial charge in [0.25, 0.3) is 0 Å². The van der Waals surface area contributed by atoms with Crippen LogP contribution in [0.5, 0.6) is 0 Å². The number of aliphatic imine (C=N–C) groups is 1. The van der Waals surface area contributed by atoms with E-state index in [9.17, 15) is 0 Å². The zero-order valence-electron chi connectivity index (χ0n) is 11.6. The first-order valence-corrected chi connectivity index (χ1v) is 6.86. The van der Waals surface area contributed by atoms with Crippen LogP contribution in [0.2, 0.25) is 0 Å². The third-order valence-electron chi connectivity index (χ3n) is 3.69. The molecule has 1 unspecified atom stereocenters. The number of nitrogens with two attached hydrogens (primary N) is 1. The Labute approximate surface area is 122 Å². The van der Waals surface area contributed by atoms with Gasteiger partial charge in [0.05, 0.1) is 11.0 Å². The van der Waals surface area contributed by atoms with Crippen molar-refractivity contribution < 1.29 is 0 Å². The van der Waals surface area contributed by atoms with Crippen molar-refractivity contribution >= 4 is 22.9 Å². The summed E-state index contributed by atoms with van der Waals surface area (Å²) in [6, 6.07) is 16.3. The molecule has 3 aromatic rings. The van der Waals surface area contributed by atoms with Gasteiger partial charge in [-0.1, -0.05) is 36.4 Å². The van der Waals surface area contributed by atoms with Crippen LogP contribution in [0.3, 0.4) is 0 Å². The van der Waals surface area contributed by atoms with E-state index in [1.807, 2.05) is 18.2 Å². The van der Waals surface area contributed by atoms with Gasteiger partial charge in [-0.15, -0.1) is 0 Å². The topological polar surface area (TPSA) is 68.2 Å². The van der Waals surface area contributed by atoms with Crippen molar-refractivity contribution in [1.29, 1.82) is 0 Å². The Balaban J connectivity index is 1.98. The van der Waals surface area contributed by atoms with E-state index in [4.69, 9.17) is 5.73 Å². The van der Waals surface area contributed by atoms with Crippen molar-refractivity contribution in [3.05, 3.63) is 59.7 Å². The van der Waals surface area contributed by atoms with Crippen LogP contribution in [0.4, 0.5) is 5.95 Å². The Morgan fingerprint density at radius 3 is 2.76 bits per heavy atom. The molecule has 0 fully saturated rings. The molecule has 5 nitrogen and oxygen atoms in total. The van der Waals surface area contributed by atoms with Gasteiger partial charge in [-0.3, -0.25) is 9.88 Å². The van der Waals surface area contributed by atoms with E-state index in [0.717, 1.165) is 22.5 Å². The number of aryl methyl sites for hydroxylation is 1. The second-order valence-corrected chi connectivity index (χ2v) is 5.22. The van der Waals surface area contributed by atoms with Gasteiger partial charge in [0.2, 0.25) is 5.95 Å². The lowest BCUT2D eigenvalue weighted by Gasteiger charge is -2.23. The largest absolute Gasteiger partial charge is 0.370 e. The number of imidazole rings is 1. The van der Waals surface area contributed by atoms with Crippen molar-refractivity contribution in [2.45, 2.75) is 13.1 Å². The molecule has 5 heteroatoms. The van der Waals surface area contributed by atoms with E-state index in [1.54, 1.807) is 0 Å². The third kappa shape index (κ3) is 1.86. The number of nitrogens with one attached hydrogen (secondary N) is 1. The van der Waals surface area contributed by atoms with Crippen molar-refractivity contribution in [3.8, 4) is 0 Å². The van der Waals surface area contributed by atoms with E-state index in [-0.39, 0.29) is 6.17 Å². The molecular formula is C16H15N5. The Bertz CT molecular complexity index is 848. The molecule has 0 saturated carbocycles. The number of hydrogen-bond acceptors (Lipinski definition) is 4. The molecule has 21 heavy (non-hydrogen) atoms. The fourth-order valence-electron chi connectivity index (χ4n) is 2.73. The molecule has 0 radical (unpaired) electrons. The average Bonchev–Trinajstić information content (AvgIpc) is 2.84. The maximum atomic E-state index is 5.91. The molecule has 0 bridgehead atoms. The molecule has 0 aliphatic carbocycles. The molecule has 1 aliphatic rings. The van der Waals surface area contributed by atoms with Crippen molar-refractivity contribution in [1.82, 2.24) is 9.55 Å². The monoisotopic (exact) mass is 277 g/mol. The summed E-state index contributed by atoms with van der Waals surface area (Å²) in [5.41, 5.74) is 10.2. The Hall–Kier alpha value is -2.82. The van der Waals surface area contributed by atoms with Gasteiger partial charge in [-0.25, -0.2) is 9.98 Å². The number of rotatable bonds is 1.